The van der Waals surface area contributed by atoms with E-state index in [0.29, 0.717) is 11.3 Å². The maximum Gasteiger partial charge on any atom is 0.322 e. The summed E-state index contributed by atoms with van der Waals surface area (Å²) in [5, 5.41) is 9.89. The smallest absolute Gasteiger partial charge is 0.322 e. The van der Waals surface area contributed by atoms with E-state index < -0.39 is 33.7 Å². The molecule has 3 rings (SSSR count). The number of allylic oxidation sites excluding steroid dienone is 1. The number of carboxylic acid groups (broad SMARTS) is 1. The Morgan fingerprint density at radius 3 is 2.28 bits per heavy atom. The Kier molecular flexibility index (Phi) is 6.14. The fourth-order valence-electron chi connectivity index (χ4n) is 3.36. The van der Waals surface area contributed by atoms with Crippen molar-refractivity contribution in [2.45, 2.75) is 17.4 Å². The molecule has 2 aromatic rings. The molecule has 0 bridgehead atoms. The number of carboxylic acids is 1. The number of rotatable bonds is 6. The Morgan fingerprint density at radius 1 is 1.03 bits per heavy atom. The van der Waals surface area contributed by atoms with Crippen LogP contribution in [0.2, 0.25) is 0 Å². The highest BCUT2D eigenvalue weighted by Crippen LogP contribution is 2.29. The van der Waals surface area contributed by atoms with Gasteiger partial charge in [0.1, 0.15) is 11.8 Å². The number of Topliss-reactive ketones (excluding diaryl/α,β-unsaturated/α-hetero) is 1. The van der Waals surface area contributed by atoms with Gasteiger partial charge in [-0.3, -0.25) is 9.59 Å². The van der Waals surface area contributed by atoms with E-state index in [1.807, 2.05) is 0 Å². The second-order valence-electron chi connectivity index (χ2n) is 6.58. The summed E-state index contributed by atoms with van der Waals surface area (Å²) in [7, 11) is -2.70. The molecule has 0 amide bonds. The third-order valence-electron chi connectivity index (χ3n) is 4.85. The van der Waals surface area contributed by atoms with Gasteiger partial charge in [0.25, 0.3) is 0 Å². The van der Waals surface area contributed by atoms with Crippen molar-refractivity contribution < 1.29 is 27.9 Å². The highest BCUT2D eigenvalue weighted by molar-refractivity contribution is 7.89. The SMILES string of the molecule is COc1ccc(S(=O)(=O)N2CC=CCC(C(=O)c3ccccc3)C2C(=O)O)cc1. The van der Waals surface area contributed by atoms with Crippen LogP contribution in [-0.4, -0.2) is 49.3 Å². The molecule has 2 unspecified atom stereocenters. The summed E-state index contributed by atoms with van der Waals surface area (Å²) in [4.78, 5) is 25.1. The van der Waals surface area contributed by atoms with Crippen molar-refractivity contribution in [1.82, 2.24) is 4.31 Å². The van der Waals surface area contributed by atoms with Gasteiger partial charge < -0.3 is 9.84 Å². The van der Waals surface area contributed by atoms with Crippen LogP contribution in [0.15, 0.2) is 71.6 Å². The minimum absolute atomic E-state index is 0.0641. The Bertz CT molecular complexity index is 1010. The number of aliphatic carboxylic acids is 1. The molecule has 1 heterocycles. The van der Waals surface area contributed by atoms with Crippen LogP contribution in [-0.2, 0) is 14.8 Å². The van der Waals surface area contributed by atoms with Crippen LogP contribution in [0.5, 0.6) is 5.75 Å². The first-order valence-electron chi connectivity index (χ1n) is 8.99. The zero-order chi connectivity index (χ0) is 21.0. The molecule has 2 aromatic carbocycles. The number of benzene rings is 2. The van der Waals surface area contributed by atoms with Gasteiger partial charge in [0.2, 0.25) is 10.0 Å². The largest absolute Gasteiger partial charge is 0.497 e. The first-order valence-corrected chi connectivity index (χ1v) is 10.4. The van der Waals surface area contributed by atoms with E-state index in [-0.39, 0.29) is 17.9 Å². The highest BCUT2D eigenvalue weighted by atomic mass is 32.2. The van der Waals surface area contributed by atoms with Crippen molar-refractivity contribution in [3.63, 3.8) is 0 Å². The molecule has 0 saturated carbocycles. The van der Waals surface area contributed by atoms with E-state index in [4.69, 9.17) is 4.74 Å². The molecular formula is C21H21NO6S. The number of sulfonamides is 1. The first-order chi connectivity index (χ1) is 13.9. The molecule has 0 aliphatic carbocycles. The first kappa shape index (κ1) is 20.8. The number of methoxy groups -OCH3 is 1. The molecule has 29 heavy (non-hydrogen) atoms. The second kappa shape index (κ2) is 8.59. The molecular weight excluding hydrogens is 394 g/mol. The molecule has 1 N–H and O–H groups in total. The number of ether oxygens (including phenoxy) is 1. The average Bonchev–Trinajstić information content (AvgIpc) is 2.97. The maximum absolute atomic E-state index is 13.2. The number of carbonyl (C=O) groups excluding carboxylic acids is 1. The summed E-state index contributed by atoms with van der Waals surface area (Å²) in [6.07, 6.45) is 3.37. The van der Waals surface area contributed by atoms with E-state index in [0.717, 1.165) is 4.31 Å². The highest BCUT2D eigenvalue weighted by Gasteiger charge is 2.44. The summed E-state index contributed by atoms with van der Waals surface area (Å²) in [6, 6.07) is 12.5. The van der Waals surface area contributed by atoms with Gasteiger partial charge in [-0.05, 0) is 30.7 Å². The van der Waals surface area contributed by atoms with Crippen LogP contribution >= 0.6 is 0 Å². The van der Waals surface area contributed by atoms with E-state index in [2.05, 4.69) is 0 Å². The summed E-state index contributed by atoms with van der Waals surface area (Å²) < 4.78 is 32.4. The summed E-state index contributed by atoms with van der Waals surface area (Å²) in [6.45, 7) is -0.135. The predicted octanol–water partition coefficient (Wildman–Crippen LogP) is 2.60. The Hall–Kier alpha value is -2.97. The van der Waals surface area contributed by atoms with Gasteiger partial charge in [-0.1, -0.05) is 42.5 Å². The zero-order valence-electron chi connectivity index (χ0n) is 15.8. The Labute approximate surface area is 169 Å². The minimum atomic E-state index is -4.16. The molecule has 2 atom stereocenters. The summed E-state index contributed by atoms with van der Waals surface area (Å²) in [5.41, 5.74) is 0.348. The van der Waals surface area contributed by atoms with Crippen LogP contribution in [0.3, 0.4) is 0 Å². The van der Waals surface area contributed by atoms with E-state index >= 15 is 0 Å². The number of hydrogen-bond donors (Lipinski definition) is 1. The molecule has 1 aliphatic rings. The Balaban J connectivity index is 2.03. The van der Waals surface area contributed by atoms with Crippen LogP contribution in [0.4, 0.5) is 0 Å². The van der Waals surface area contributed by atoms with Crippen molar-refractivity contribution in [3.05, 3.63) is 72.3 Å². The molecule has 0 saturated heterocycles. The molecule has 0 fully saturated rings. The fourth-order valence-corrected chi connectivity index (χ4v) is 4.93. The van der Waals surface area contributed by atoms with E-state index in [1.165, 1.54) is 31.4 Å². The third kappa shape index (κ3) is 4.23. The molecule has 1 aliphatic heterocycles. The number of carbonyl (C=O) groups is 2. The molecule has 0 spiro atoms. The van der Waals surface area contributed by atoms with Crippen molar-refractivity contribution in [2.75, 3.05) is 13.7 Å². The average molecular weight is 415 g/mol. The van der Waals surface area contributed by atoms with Crippen LogP contribution in [0.1, 0.15) is 16.8 Å². The summed E-state index contributed by atoms with van der Waals surface area (Å²) >= 11 is 0. The van der Waals surface area contributed by atoms with Crippen molar-refractivity contribution in [2.24, 2.45) is 5.92 Å². The lowest BCUT2D eigenvalue weighted by atomic mass is 9.88. The fraction of sp³-hybridized carbons (Fsp3) is 0.238. The standard InChI is InChI=1S/C21H21NO6S/c1-28-16-10-12-17(13-11-16)29(26,27)22-14-6-5-9-18(19(22)21(24)25)20(23)15-7-3-2-4-8-15/h2-8,10-13,18-19H,9,14H2,1H3,(H,24,25). The van der Waals surface area contributed by atoms with Crippen molar-refractivity contribution in [3.8, 4) is 5.75 Å². The molecule has 7 nitrogen and oxygen atoms in total. The third-order valence-corrected chi connectivity index (χ3v) is 6.71. The van der Waals surface area contributed by atoms with Crippen LogP contribution in [0.25, 0.3) is 0 Å². The van der Waals surface area contributed by atoms with Gasteiger partial charge in [0.15, 0.2) is 5.78 Å². The van der Waals surface area contributed by atoms with Gasteiger partial charge in [-0.15, -0.1) is 0 Å². The zero-order valence-corrected chi connectivity index (χ0v) is 16.6. The normalized spacial score (nSPS) is 20.0. The lowest BCUT2D eigenvalue weighted by Crippen LogP contribution is -2.50. The molecule has 152 valence electrons. The van der Waals surface area contributed by atoms with Crippen molar-refractivity contribution >= 4 is 21.8 Å². The van der Waals surface area contributed by atoms with E-state index in [9.17, 15) is 23.1 Å². The number of hydrogen-bond acceptors (Lipinski definition) is 5. The minimum Gasteiger partial charge on any atom is -0.497 e. The van der Waals surface area contributed by atoms with Gasteiger partial charge in [-0.25, -0.2) is 8.42 Å². The lowest BCUT2D eigenvalue weighted by molar-refractivity contribution is -0.142. The van der Waals surface area contributed by atoms with Crippen LogP contribution in [0, 0.1) is 5.92 Å². The van der Waals surface area contributed by atoms with Crippen molar-refractivity contribution in [1.29, 1.82) is 0 Å². The number of nitrogens with zero attached hydrogens (tertiary/aromatic N) is 1. The molecule has 0 aromatic heterocycles. The Morgan fingerprint density at radius 2 is 1.69 bits per heavy atom. The number of ketones is 1. The molecule has 0 radical (unpaired) electrons. The van der Waals surface area contributed by atoms with E-state index in [1.54, 1.807) is 42.5 Å². The topological polar surface area (TPSA) is 101 Å². The van der Waals surface area contributed by atoms with Gasteiger partial charge >= 0.3 is 5.97 Å². The monoisotopic (exact) mass is 415 g/mol. The quantitative estimate of drug-likeness (QED) is 0.575. The van der Waals surface area contributed by atoms with Gasteiger partial charge in [0, 0.05) is 12.1 Å². The lowest BCUT2D eigenvalue weighted by Gasteiger charge is -2.30. The van der Waals surface area contributed by atoms with Gasteiger partial charge in [0.05, 0.1) is 17.9 Å². The predicted molar refractivity (Wildman–Crippen MR) is 106 cm³/mol. The summed E-state index contributed by atoms with van der Waals surface area (Å²) in [5.74, 6) is -2.33. The maximum atomic E-state index is 13.2. The second-order valence-corrected chi connectivity index (χ2v) is 8.47. The molecule has 8 heteroatoms. The van der Waals surface area contributed by atoms with Gasteiger partial charge in [-0.2, -0.15) is 4.31 Å². The van der Waals surface area contributed by atoms with Crippen LogP contribution < -0.4 is 4.74 Å².